The third-order valence-electron chi connectivity index (χ3n) is 9.21. The Morgan fingerprint density at radius 3 is 2.57 bits per heavy atom. The smallest absolute Gasteiger partial charge is 0.223 e. The number of methoxy groups -OCH3 is 2. The Bertz CT molecular complexity index is 1160. The molecule has 2 aromatic rings. The molecule has 5 rings (SSSR count). The molecule has 3 aliphatic rings. The van der Waals surface area contributed by atoms with Crippen molar-refractivity contribution in [1.82, 2.24) is 10.6 Å². The molecular weight excluding hydrogens is 558 g/mol. The van der Waals surface area contributed by atoms with Gasteiger partial charge < -0.3 is 39.2 Å². The molecule has 2 aliphatic heterocycles. The number of benzene rings is 2. The van der Waals surface area contributed by atoms with Crippen LogP contribution >= 0.6 is 0 Å². The molecule has 2 heterocycles. The van der Waals surface area contributed by atoms with E-state index in [-0.39, 0.29) is 29.8 Å². The van der Waals surface area contributed by atoms with Crippen LogP contribution in [0.25, 0.3) is 0 Å². The summed E-state index contributed by atoms with van der Waals surface area (Å²) in [4.78, 5) is 15.3. The highest BCUT2D eigenvalue weighted by Gasteiger charge is 2.36. The van der Waals surface area contributed by atoms with Gasteiger partial charge in [0.1, 0.15) is 12.4 Å². The Morgan fingerprint density at radius 1 is 0.977 bits per heavy atom. The van der Waals surface area contributed by atoms with Crippen LogP contribution in [0, 0.1) is 11.8 Å². The van der Waals surface area contributed by atoms with E-state index in [2.05, 4.69) is 58.0 Å². The van der Waals surface area contributed by atoms with Crippen LogP contribution in [-0.2, 0) is 37.0 Å². The van der Waals surface area contributed by atoms with Crippen LogP contribution in [0.15, 0.2) is 42.5 Å². The molecule has 1 amide bonds. The van der Waals surface area contributed by atoms with Crippen LogP contribution in [0.1, 0.15) is 54.7 Å². The number of nitrogens with one attached hydrogen (secondary N) is 2. The summed E-state index contributed by atoms with van der Waals surface area (Å²) in [6.07, 6.45) is 5.27. The molecule has 9 nitrogen and oxygen atoms in total. The molecule has 1 saturated carbocycles. The molecule has 44 heavy (non-hydrogen) atoms. The zero-order chi connectivity index (χ0) is 30.6. The van der Waals surface area contributed by atoms with Gasteiger partial charge in [-0.3, -0.25) is 4.79 Å². The molecule has 242 valence electrons. The summed E-state index contributed by atoms with van der Waals surface area (Å²) in [5.74, 6) is 1.67. The van der Waals surface area contributed by atoms with E-state index < -0.39 is 0 Å². The summed E-state index contributed by atoms with van der Waals surface area (Å²) < 4.78 is 28.8. The zero-order valence-corrected chi connectivity index (χ0v) is 26.6. The molecule has 0 bridgehead atoms. The Morgan fingerprint density at radius 2 is 1.77 bits per heavy atom. The molecule has 0 radical (unpaired) electrons. The quantitative estimate of drug-likeness (QED) is 0.273. The van der Waals surface area contributed by atoms with Gasteiger partial charge in [0.25, 0.3) is 0 Å². The van der Waals surface area contributed by atoms with E-state index in [1.54, 1.807) is 14.2 Å². The minimum atomic E-state index is -0.0361. The van der Waals surface area contributed by atoms with Crippen molar-refractivity contribution in [3.05, 3.63) is 59.2 Å². The van der Waals surface area contributed by atoms with Crippen LogP contribution in [0.4, 0.5) is 5.69 Å². The molecule has 0 spiro atoms. The molecule has 2 N–H and O–H groups in total. The summed E-state index contributed by atoms with van der Waals surface area (Å²) in [5.41, 5.74) is 4.63. The van der Waals surface area contributed by atoms with Crippen molar-refractivity contribution in [2.24, 2.45) is 11.8 Å². The average molecular weight is 610 g/mol. The average Bonchev–Trinajstić information content (AvgIpc) is 3.61. The summed E-state index contributed by atoms with van der Waals surface area (Å²) in [5, 5.41) is 6.91. The molecule has 2 fully saturated rings. The lowest BCUT2D eigenvalue weighted by Gasteiger charge is -2.39. The number of anilines is 1. The van der Waals surface area contributed by atoms with E-state index >= 15 is 0 Å². The molecular formula is C35H51N3O6. The fraction of sp³-hybridized carbons (Fsp3) is 0.629. The third-order valence-corrected chi connectivity index (χ3v) is 9.21. The standard InChI is InChI=1S/C35H51N3O6/c1-40-16-5-14-38-15-17-43-32-13-10-27(20-31(32)38)25-44-33-23-36-21-30(22-37-35(39)29-6-3-4-7-29)34(33)28-11-8-26(9-12-28)24-42-19-18-41-2/h8-13,20,29-30,33-34,36H,3-7,14-19,21-25H2,1-2H3,(H,37,39)/t30?,33-,34-/m0/s1. The number of rotatable bonds is 16. The van der Waals surface area contributed by atoms with Gasteiger partial charge in [-0.25, -0.2) is 0 Å². The van der Waals surface area contributed by atoms with Gasteiger partial charge >= 0.3 is 0 Å². The van der Waals surface area contributed by atoms with Gasteiger partial charge in [-0.15, -0.1) is 0 Å². The second-order valence-corrected chi connectivity index (χ2v) is 12.3. The van der Waals surface area contributed by atoms with E-state index in [0.29, 0.717) is 39.6 Å². The summed E-state index contributed by atoms with van der Waals surface area (Å²) in [6.45, 7) is 7.71. The first-order valence-electron chi connectivity index (χ1n) is 16.4. The molecule has 3 atom stereocenters. The number of carbonyl (C=O) groups is 1. The van der Waals surface area contributed by atoms with Crippen LogP contribution in [0.2, 0.25) is 0 Å². The maximum Gasteiger partial charge on any atom is 0.223 e. The highest BCUT2D eigenvalue weighted by molar-refractivity contribution is 5.78. The number of amides is 1. The molecule has 1 aliphatic carbocycles. The first-order chi connectivity index (χ1) is 21.7. The second-order valence-electron chi connectivity index (χ2n) is 12.3. The number of ether oxygens (including phenoxy) is 5. The minimum absolute atomic E-state index is 0.0361. The van der Waals surface area contributed by atoms with Crippen molar-refractivity contribution in [2.75, 3.05) is 78.3 Å². The molecule has 1 unspecified atom stereocenters. The van der Waals surface area contributed by atoms with Gasteiger partial charge in [-0.05, 0) is 54.0 Å². The summed E-state index contributed by atoms with van der Waals surface area (Å²) in [7, 11) is 3.43. The van der Waals surface area contributed by atoms with Gasteiger partial charge in [0.15, 0.2) is 0 Å². The van der Waals surface area contributed by atoms with E-state index in [4.69, 9.17) is 23.7 Å². The van der Waals surface area contributed by atoms with Gasteiger partial charge in [-0.2, -0.15) is 0 Å². The van der Waals surface area contributed by atoms with Crippen molar-refractivity contribution in [1.29, 1.82) is 0 Å². The molecule has 2 aromatic carbocycles. The summed E-state index contributed by atoms with van der Waals surface area (Å²) >= 11 is 0. The highest BCUT2D eigenvalue weighted by atomic mass is 16.5. The Hall–Kier alpha value is -2.69. The van der Waals surface area contributed by atoms with E-state index in [1.807, 2.05) is 0 Å². The third kappa shape index (κ3) is 8.95. The normalized spacial score (nSPS) is 22.0. The maximum atomic E-state index is 12.9. The van der Waals surface area contributed by atoms with Gasteiger partial charge in [0.05, 0.1) is 44.8 Å². The molecule has 9 heteroatoms. The lowest BCUT2D eigenvalue weighted by Crippen LogP contribution is -2.50. The first-order valence-corrected chi connectivity index (χ1v) is 16.4. The van der Waals surface area contributed by atoms with Crippen LogP contribution in [-0.4, -0.2) is 85.4 Å². The Balaban J connectivity index is 1.28. The van der Waals surface area contributed by atoms with Crippen LogP contribution in [0.5, 0.6) is 5.75 Å². The predicted molar refractivity (Wildman–Crippen MR) is 171 cm³/mol. The van der Waals surface area contributed by atoms with Gasteiger partial charge in [-0.1, -0.05) is 43.2 Å². The molecule has 0 aromatic heterocycles. The van der Waals surface area contributed by atoms with E-state index in [0.717, 1.165) is 87.5 Å². The Kier molecular flexibility index (Phi) is 12.7. The lowest BCUT2D eigenvalue weighted by molar-refractivity contribution is -0.125. The van der Waals surface area contributed by atoms with Crippen molar-refractivity contribution in [3.8, 4) is 5.75 Å². The van der Waals surface area contributed by atoms with Crippen LogP contribution < -0.4 is 20.3 Å². The SMILES string of the molecule is COCCCN1CCOc2ccc(CO[C@H]3CNCC(CNC(=O)C4CCCC4)[C@@H]3c3ccc(COCCOC)cc3)cc21. The van der Waals surface area contributed by atoms with Gasteiger partial charge in [0.2, 0.25) is 5.91 Å². The molecule has 1 saturated heterocycles. The van der Waals surface area contributed by atoms with Crippen molar-refractivity contribution in [3.63, 3.8) is 0 Å². The number of hydrogen-bond acceptors (Lipinski definition) is 8. The van der Waals surface area contributed by atoms with Crippen molar-refractivity contribution >= 4 is 11.6 Å². The van der Waals surface area contributed by atoms with Crippen LogP contribution in [0.3, 0.4) is 0 Å². The van der Waals surface area contributed by atoms with Crippen molar-refractivity contribution < 1.29 is 28.5 Å². The minimum Gasteiger partial charge on any atom is -0.490 e. The van der Waals surface area contributed by atoms with Crippen molar-refractivity contribution in [2.45, 2.75) is 57.3 Å². The number of carbonyl (C=O) groups excluding carboxylic acids is 1. The lowest BCUT2D eigenvalue weighted by atomic mass is 9.78. The van der Waals surface area contributed by atoms with E-state index in [9.17, 15) is 4.79 Å². The second kappa shape index (κ2) is 17.1. The topological polar surface area (TPSA) is 90.5 Å². The van der Waals surface area contributed by atoms with Gasteiger partial charge in [0, 0.05) is 58.8 Å². The largest absolute Gasteiger partial charge is 0.490 e. The predicted octanol–water partition coefficient (Wildman–Crippen LogP) is 4.28. The highest BCUT2D eigenvalue weighted by Crippen LogP contribution is 2.36. The number of hydrogen-bond donors (Lipinski definition) is 2. The number of nitrogens with zero attached hydrogens (tertiary/aromatic N) is 1. The monoisotopic (exact) mass is 609 g/mol. The van der Waals surface area contributed by atoms with E-state index in [1.165, 1.54) is 5.56 Å². The first kappa shape index (κ1) is 32.7. The number of fused-ring (bicyclic) bond motifs is 1. The zero-order valence-electron chi connectivity index (χ0n) is 26.6. The fourth-order valence-corrected chi connectivity index (χ4v) is 6.79. The fourth-order valence-electron chi connectivity index (χ4n) is 6.79. The maximum absolute atomic E-state index is 12.9. The summed E-state index contributed by atoms with van der Waals surface area (Å²) in [6, 6.07) is 15.1. The number of piperidine rings is 1. The Labute approximate surface area is 262 Å².